The van der Waals surface area contributed by atoms with E-state index in [1.807, 2.05) is 4.90 Å². The van der Waals surface area contributed by atoms with E-state index >= 15 is 0 Å². The van der Waals surface area contributed by atoms with Crippen molar-refractivity contribution in [1.29, 1.82) is 0 Å². The molecule has 338 valence electrons. The SMILES string of the molecule is CCN(CC)C(=O)[C@@H]1C=C2c3cccc4[nH]cc(c34)C[C@H]2N(C)C1.Fc1cccc(C(F)(F)F)c1.O=C(O)c1cc(C(F)(F)F)ccc1F.O=C(O)c1ccc(C(F)(F)F)cc1F. The highest BCUT2D eigenvalue weighted by molar-refractivity contribution is 5.99. The van der Waals surface area contributed by atoms with Gasteiger partial charge in [0.25, 0.3) is 0 Å². The first-order valence-corrected chi connectivity index (χ1v) is 18.6. The zero-order valence-electron chi connectivity index (χ0n) is 33.2. The van der Waals surface area contributed by atoms with Gasteiger partial charge in [0.15, 0.2) is 0 Å². The summed E-state index contributed by atoms with van der Waals surface area (Å²) in [6, 6.07) is 12.6. The number of rotatable bonds is 5. The number of carbonyl (C=O) groups is 3. The van der Waals surface area contributed by atoms with Gasteiger partial charge in [-0.1, -0.05) is 24.3 Å². The molecule has 1 amide bonds. The first-order chi connectivity index (χ1) is 29.3. The standard InChI is InChI=1S/C20H25N3O.2C8H4F4O2.C7H4F4/c1-4-23(5-2)20(24)14-9-16-15-7-6-8-17-19(15)13(11-21-17)10-18(16)22(3)12-14;9-6-2-1-4(8(10,11)12)3-5(6)7(13)14;9-6-3-4(8(10,11)12)1-2-5(6)7(13)14;8-6-3-1-2-5(4-6)7(9,10)11/h6-9,11,14,18,21H,4-5,10,12H2,1-3H3;2*1-3H,(H,13,14);1-4H/t14-,18-;;;/m1.../s1. The molecule has 2 heterocycles. The Kier molecular flexibility index (Phi) is 15.5. The van der Waals surface area contributed by atoms with Crippen LogP contribution in [0.1, 0.15) is 62.4 Å². The molecule has 0 unspecified atom stereocenters. The Bertz CT molecular complexity index is 2470. The van der Waals surface area contributed by atoms with Gasteiger partial charge in [-0.25, -0.2) is 22.8 Å². The number of alkyl halides is 9. The van der Waals surface area contributed by atoms with Crippen LogP contribution in [0.3, 0.4) is 0 Å². The summed E-state index contributed by atoms with van der Waals surface area (Å²) in [7, 11) is 2.15. The number of fused-ring (bicyclic) bond motifs is 2. The van der Waals surface area contributed by atoms with Crippen LogP contribution in [0.2, 0.25) is 0 Å². The molecule has 8 nitrogen and oxygen atoms in total. The van der Waals surface area contributed by atoms with Crippen molar-refractivity contribution < 1.29 is 77.3 Å². The molecule has 1 aromatic heterocycles. The van der Waals surface area contributed by atoms with Gasteiger partial charge in [0, 0.05) is 42.8 Å². The fourth-order valence-electron chi connectivity index (χ4n) is 6.77. The summed E-state index contributed by atoms with van der Waals surface area (Å²) < 4.78 is 145. The van der Waals surface area contributed by atoms with Crippen LogP contribution >= 0.6 is 0 Å². The van der Waals surface area contributed by atoms with Gasteiger partial charge in [-0.15, -0.1) is 0 Å². The molecule has 0 saturated carbocycles. The third-order valence-electron chi connectivity index (χ3n) is 9.86. The largest absolute Gasteiger partial charge is 0.478 e. The lowest BCUT2D eigenvalue weighted by atomic mass is 9.79. The van der Waals surface area contributed by atoms with E-state index in [1.54, 1.807) is 0 Å². The predicted octanol–water partition coefficient (Wildman–Crippen LogP) is 10.8. The number of hydrogen-bond acceptors (Lipinski definition) is 4. The molecule has 2 aliphatic rings. The van der Waals surface area contributed by atoms with Gasteiger partial charge < -0.3 is 20.1 Å². The number of nitrogens with zero attached hydrogens (tertiary/aromatic N) is 2. The number of amides is 1. The molecule has 0 spiro atoms. The van der Waals surface area contributed by atoms with E-state index in [2.05, 4.69) is 61.3 Å². The fourth-order valence-corrected chi connectivity index (χ4v) is 6.77. The highest BCUT2D eigenvalue weighted by Crippen LogP contribution is 2.41. The third-order valence-corrected chi connectivity index (χ3v) is 9.86. The lowest BCUT2D eigenvalue weighted by Crippen LogP contribution is -2.47. The number of H-pyrrole nitrogens is 1. The molecule has 0 fully saturated rings. The summed E-state index contributed by atoms with van der Waals surface area (Å²) in [5.74, 6) is -6.58. The highest BCUT2D eigenvalue weighted by Gasteiger charge is 2.37. The molecule has 0 bridgehead atoms. The molecular formula is C43H37F12N3O5. The summed E-state index contributed by atoms with van der Waals surface area (Å²) in [6.07, 6.45) is -8.38. The number of likely N-dealkylation sites (N-methyl/N-ethyl adjacent to an activating group) is 1. The van der Waals surface area contributed by atoms with E-state index in [-0.39, 0.29) is 24.0 Å². The second-order valence-electron chi connectivity index (χ2n) is 13.9. The zero-order chi connectivity index (χ0) is 47.2. The number of hydrogen-bond donors (Lipinski definition) is 3. The normalized spacial score (nSPS) is 15.9. The Labute approximate surface area is 351 Å². The minimum Gasteiger partial charge on any atom is -0.478 e. The van der Waals surface area contributed by atoms with Crippen LogP contribution in [0.4, 0.5) is 52.7 Å². The molecule has 7 rings (SSSR count). The molecule has 3 N–H and O–H groups in total. The first kappa shape index (κ1) is 49.3. The number of carboxylic acids is 2. The second kappa shape index (κ2) is 19.8. The number of aromatic carboxylic acids is 2. The van der Waals surface area contributed by atoms with Gasteiger partial charge in [-0.2, -0.15) is 39.5 Å². The maximum atomic E-state index is 12.9. The van der Waals surface area contributed by atoms with Crippen molar-refractivity contribution in [3.63, 3.8) is 0 Å². The van der Waals surface area contributed by atoms with E-state index in [9.17, 15) is 67.1 Å². The quantitative estimate of drug-likeness (QED) is 0.151. The van der Waals surface area contributed by atoms with Crippen LogP contribution in [0.25, 0.3) is 16.5 Å². The molecule has 1 aliphatic carbocycles. The van der Waals surface area contributed by atoms with Crippen LogP contribution in [0.5, 0.6) is 0 Å². The number of nitrogens with one attached hydrogen (secondary N) is 1. The van der Waals surface area contributed by atoms with Crippen LogP contribution in [-0.4, -0.2) is 75.6 Å². The minimum absolute atomic E-state index is 0.0445. The lowest BCUT2D eigenvalue weighted by Gasteiger charge is -2.40. The van der Waals surface area contributed by atoms with Crippen molar-refractivity contribution in [3.05, 3.63) is 148 Å². The number of halogens is 12. The number of aromatic nitrogens is 1. The summed E-state index contributed by atoms with van der Waals surface area (Å²) in [5, 5.41) is 18.0. The highest BCUT2D eigenvalue weighted by atomic mass is 19.4. The van der Waals surface area contributed by atoms with E-state index in [0.717, 1.165) is 44.3 Å². The fraction of sp³-hybridized carbons (Fsp3) is 0.279. The Morgan fingerprint density at radius 1 is 0.714 bits per heavy atom. The predicted molar refractivity (Wildman–Crippen MR) is 206 cm³/mol. The van der Waals surface area contributed by atoms with Crippen molar-refractivity contribution in [3.8, 4) is 0 Å². The van der Waals surface area contributed by atoms with Gasteiger partial charge in [0.05, 0.1) is 33.7 Å². The molecule has 0 saturated heterocycles. The van der Waals surface area contributed by atoms with Crippen LogP contribution < -0.4 is 0 Å². The Morgan fingerprint density at radius 3 is 1.79 bits per heavy atom. The molecule has 63 heavy (non-hydrogen) atoms. The number of carboxylic acid groups (broad SMARTS) is 2. The van der Waals surface area contributed by atoms with E-state index in [1.165, 1.54) is 27.6 Å². The van der Waals surface area contributed by atoms with Crippen molar-refractivity contribution >= 4 is 34.3 Å². The Morgan fingerprint density at radius 2 is 1.27 bits per heavy atom. The number of carbonyl (C=O) groups excluding carboxylic acids is 1. The smallest absolute Gasteiger partial charge is 0.416 e. The van der Waals surface area contributed by atoms with E-state index in [4.69, 9.17) is 10.2 Å². The molecule has 4 aromatic carbocycles. The Balaban J connectivity index is 0.000000195. The van der Waals surface area contributed by atoms with Crippen LogP contribution in [0.15, 0.2) is 91.1 Å². The topological polar surface area (TPSA) is 114 Å². The lowest BCUT2D eigenvalue weighted by molar-refractivity contribution is -0.138. The van der Waals surface area contributed by atoms with E-state index in [0.29, 0.717) is 36.4 Å². The molecule has 20 heteroatoms. The summed E-state index contributed by atoms with van der Waals surface area (Å²) in [5.41, 5.74) is 0.0901. The van der Waals surface area contributed by atoms with Crippen LogP contribution in [-0.2, 0) is 29.7 Å². The minimum atomic E-state index is -4.67. The van der Waals surface area contributed by atoms with Crippen molar-refractivity contribution in [2.24, 2.45) is 5.92 Å². The molecule has 2 atom stereocenters. The molecule has 0 radical (unpaired) electrons. The summed E-state index contributed by atoms with van der Waals surface area (Å²) in [6.45, 7) is 6.47. The van der Waals surface area contributed by atoms with Crippen molar-refractivity contribution in [2.45, 2.75) is 44.8 Å². The molecular weight excluding hydrogens is 866 g/mol. The first-order valence-electron chi connectivity index (χ1n) is 18.6. The maximum Gasteiger partial charge on any atom is 0.416 e. The summed E-state index contributed by atoms with van der Waals surface area (Å²) in [4.78, 5) is 41.1. The third kappa shape index (κ3) is 12.2. The number of benzene rings is 4. The molecule has 5 aromatic rings. The second-order valence-corrected chi connectivity index (χ2v) is 13.9. The average Bonchev–Trinajstić information content (AvgIpc) is 3.62. The van der Waals surface area contributed by atoms with Gasteiger partial charge in [0.2, 0.25) is 5.91 Å². The van der Waals surface area contributed by atoms with Crippen molar-refractivity contribution in [2.75, 3.05) is 26.7 Å². The van der Waals surface area contributed by atoms with Gasteiger partial charge in [-0.3, -0.25) is 9.69 Å². The zero-order valence-corrected chi connectivity index (χ0v) is 33.2. The van der Waals surface area contributed by atoms with Gasteiger partial charge in [-0.05, 0) is 105 Å². The monoisotopic (exact) mass is 903 g/mol. The van der Waals surface area contributed by atoms with Crippen LogP contribution in [0, 0.1) is 23.4 Å². The van der Waals surface area contributed by atoms with Crippen molar-refractivity contribution in [1.82, 2.24) is 14.8 Å². The van der Waals surface area contributed by atoms with Gasteiger partial charge >= 0.3 is 30.5 Å². The maximum absolute atomic E-state index is 12.9. The Hall–Kier alpha value is -6.31. The summed E-state index contributed by atoms with van der Waals surface area (Å²) >= 11 is 0. The van der Waals surface area contributed by atoms with E-state index < -0.39 is 75.7 Å². The van der Waals surface area contributed by atoms with Gasteiger partial charge in [0.1, 0.15) is 17.5 Å². The average molecular weight is 904 g/mol. The number of aromatic amines is 1. The molecule has 1 aliphatic heterocycles.